The maximum atomic E-state index is 4.97. The van der Waals surface area contributed by atoms with E-state index in [0.717, 1.165) is 0 Å². The van der Waals surface area contributed by atoms with E-state index in [1.54, 1.807) is 18.5 Å². The molecule has 0 unspecified atom stereocenters. The first-order chi connectivity index (χ1) is 7.29. The first-order valence-corrected chi connectivity index (χ1v) is 4.65. The molecule has 0 bridgehead atoms. The first kappa shape index (κ1) is 9.42. The molecule has 2 nitrogen and oxygen atoms in total. The number of aromatic nitrogens is 2. The number of aryl methyl sites for hydroxylation is 1. The Bertz CT molecular complexity index is 490. The van der Waals surface area contributed by atoms with Crippen molar-refractivity contribution in [2.75, 3.05) is 0 Å². The van der Waals surface area contributed by atoms with Gasteiger partial charge in [0.1, 0.15) is 0 Å². The number of benzene rings is 1. The van der Waals surface area contributed by atoms with Crippen LogP contribution in [0.25, 0.3) is 11.1 Å². The molecular weight excluding hydrogens is 184 g/mol. The quantitative estimate of drug-likeness (QED) is 0.514. The Hall–Kier alpha value is -2.14. The van der Waals surface area contributed by atoms with Crippen LogP contribution in [0.4, 0.5) is 0 Å². The molecule has 0 aliphatic heterocycles. The van der Waals surface area contributed by atoms with Crippen LogP contribution in [0.2, 0.25) is 0 Å². The number of hydrogen-bond acceptors (Lipinski definition) is 2. The minimum Gasteiger partial charge on any atom is -0.229 e. The first-order valence-electron chi connectivity index (χ1n) is 4.65. The second kappa shape index (κ2) is 3.93. The largest absolute Gasteiger partial charge is 0.229 e. The smallest absolute Gasteiger partial charge is 0.204 e. The monoisotopic (exact) mass is 194 g/mol. The third-order valence-electron chi connectivity index (χ3n) is 2.02. The van der Waals surface area contributed by atoms with Crippen molar-refractivity contribution in [3.05, 3.63) is 48.0 Å². The van der Waals surface area contributed by atoms with Gasteiger partial charge in [-0.1, -0.05) is 12.1 Å². The van der Waals surface area contributed by atoms with Crippen molar-refractivity contribution in [1.29, 1.82) is 0 Å². The Morgan fingerprint density at radius 3 is 2.00 bits per heavy atom. The maximum absolute atomic E-state index is 4.97. The van der Waals surface area contributed by atoms with E-state index in [0.29, 0.717) is 5.82 Å². The summed E-state index contributed by atoms with van der Waals surface area (Å²) in [7, 11) is 0. The van der Waals surface area contributed by atoms with Gasteiger partial charge in [-0.2, -0.15) is 0 Å². The Morgan fingerprint density at radius 2 is 1.67 bits per heavy atom. The molecule has 2 aliphatic carbocycles. The summed E-state index contributed by atoms with van der Waals surface area (Å²) in [5.74, 6) is 2.74. The van der Waals surface area contributed by atoms with E-state index in [9.17, 15) is 0 Å². The van der Waals surface area contributed by atoms with E-state index in [4.69, 9.17) is 6.42 Å². The van der Waals surface area contributed by atoms with Gasteiger partial charge >= 0.3 is 0 Å². The highest BCUT2D eigenvalue weighted by atomic mass is 14.8. The van der Waals surface area contributed by atoms with Gasteiger partial charge in [0.05, 0.1) is 0 Å². The van der Waals surface area contributed by atoms with E-state index < -0.39 is 0 Å². The SMILES string of the molecule is C#Cc1ncccn1.Cc1cc2cc-2c1. The highest BCUT2D eigenvalue weighted by Gasteiger charge is 2.10. The molecule has 0 atom stereocenters. The van der Waals surface area contributed by atoms with Crippen molar-refractivity contribution in [1.82, 2.24) is 9.97 Å². The number of nitrogens with zero attached hydrogens (tertiary/aromatic N) is 2. The zero-order valence-electron chi connectivity index (χ0n) is 8.44. The molecule has 0 radical (unpaired) electrons. The number of terminal acetylenes is 1. The van der Waals surface area contributed by atoms with Crippen molar-refractivity contribution in [3.63, 3.8) is 0 Å². The fourth-order valence-electron chi connectivity index (χ4n) is 1.29. The Labute approximate surface area is 89.0 Å². The number of hydrogen-bond donors (Lipinski definition) is 0. The predicted molar refractivity (Wildman–Crippen MR) is 60.1 cm³/mol. The standard InChI is InChI=1S/C7H6.C6H4N2/c1-5-2-6-4-7(6)3-5;1-2-6-7-4-3-5-8-6/h2-4H,1H3;1,3-5H. The highest BCUT2D eigenvalue weighted by Crippen LogP contribution is 2.35. The van der Waals surface area contributed by atoms with Gasteiger partial charge < -0.3 is 0 Å². The summed E-state index contributed by atoms with van der Waals surface area (Å²) in [6.07, 6.45) is 8.20. The molecule has 72 valence electrons. The van der Waals surface area contributed by atoms with Gasteiger partial charge in [-0.05, 0) is 41.7 Å². The van der Waals surface area contributed by atoms with Gasteiger partial charge in [0.2, 0.25) is 5.82 Å². The second-order valence-electron chi connectivity index (χ2n) is 3.30. The summed E-state index contributed by atoms with van der Waals surface area (Å²) < 4.78 is 0. The minimum absolute atomic E-state index is 0.438. The molecule has 2 aliphatic rings. The normalized spacial score (nSPS) is 9.60. The van der Waals surface area contributed by atoms with Crippen LogP contribution >= 0.6 is 0 Å². The van der Waals surface area contributed by atoms with E-state index in [1.807, 2.05) is 0 Å². The van der Waals surface area contributed by atoms with Gasteiger partial charge in [0.15, 0.2) is 0 Å². The average Bonchev–Trinajstić information content (AvgIpc) is 2.89. The molecular formula is C13H10N2. The molecule has 2 heteroatoms. The lowest BCUT2D eigenvalue weighted by molar-refractivity contribution is 1.13. The summed E-state index contributed by atoms with van der Waals surface area (Å²) in [6, 6.07) is 8.32. The van der Waals surface area contributed by atoms with Crippen molar-refractivity contribution < 1.29 is 0 Å². The van der Waals surface area contributed by atoms with Crippen LogP contribution in [0, 0.1) is 19.3 Å². The molecule has 0 N–H and O–H groups in total. The zero-order valence-corrected chi connectivity index (χ0v) is 8.44. The highest BCUT2D eigenvalue weighted by molar-refractivity contribution is 5.82. The minimum atomic E-state index is 0.438. The second-order valence-corrected chi connectivity index (χ2v) is 3.30. The van der Waals surface area contributed by atoms with Gasteiger partial charge in [0.25, 0.3) is 0 Å². The molecule has 15 heavy (non-hydrogen) atoms. The lowest BCUT2D eigenvalue weighted by Gasteiger charge is -1.81. The van der Waals surface area contributed by atoms with Crippen molar-refractivity contribution in [2.24, 2.45) is 0 Å². The number of rotatable bonds is 0. The van der Waals surface area contributed by atoms with Gasteiger partial charge in [-0.3, -0.25) is 0 Å². The number of fused-ring (bicyclic) bond motifs is 1. The fourth-order valence-corrected chi connectivity index (χ4v) is 1.29. The average molecular weight is 194 g/mol. The topological polar surface area (TPSA) is 25.8 Å². The molecule has 1 aromatic rings. The molecule has 0 fully saturated rings. The summed E-state index contributed by atoms with van der Waals surface area (Å²) in [6.45, 7) is 2.12. The zero-order chi connectivity index (χ0) is 10.7. The van der Waals surface area contributed by atoms with Crippen molar-refractivity contribution in [3.8, 4) is 23.5 Å². The van der Waals surface area contributed by atoms with Crippen LogP contribution in [0.15, 0.2) is 36.7 Å². The summed E-state index contributed by atoms with van der Waals surface area (Å²) in [5, 5.41) is 0. The molecule has 0 saturated heterocycles. The van der Waals surface area contributed by atoms with E-state index >= 15 is 0 Å². The van der Waals surface area contributed by atoms with Crippen LogP contribution in [-0.4, -0.2) is 9.97 Å². The van der Waals surface area contributed by atoms with Crippen LogP contribution in [0.1, 0.15) is 11.4 Å². The van der Waals surface area contributed by atoms with E-state index in [-0.39, 0.29) is 0 Å². The molecule has 0 aromatic carbocycles. The molecule has 1 aromatic heterocycles. The van der Waals surface area contributed by atoms with Crippen LogP contribution < -0.4 is 0 Å². The summed E-state index contributed by atoms with van der Waals surface area (Å²) >= 11 is 0. The molecule has 0 spiro atoms. The Balaban J connectivity index is 0.000000114. The predicted octanol–water partition coefficient (Wildman–Crippen LogP) is 2.43. The Morgan fingerprint density at radius 1 is 1.07 bits per heavy atom. The Kier molecular flexibility index (Phi) is 2.47. The third-order valence-corrected chi connectivity index (χ3v) is 2.02. The van der Waals surface area contributed by atoms with E-state index in [1.165, 1.54) is 16.7 Å². The molecule has 0 saturated carbocycles. The lowest BCUT2D eigenvalue weighted by atomic mass is 10.4. The van der Waals surface area contributed by atoms with E-state index in [2.05, 4.69) is 41.0 Å². The third kappa shape index (κ3) is 2.41. The van der Waals surface area contributed by atoms with Gasteiger partial charge in [-0.25, -0.2) is 9.97 Å². The molecule has 3 rings (SSSR count). The van der Waals surface area contributed by atoms with Crippen molar-refractivity contribution >= 4 is 0 Å². The lowest BCUT2D eigenvalue weighted by Crippen LogP contribution is -1.82. The maximum Gasteiger partial charge on any atom is 0.204 e. The summed E-state index contributed by atoms with van der Waals surface area (Å²) in [5.41, 5.74) is 4.28. The van der Waals surface area contributed by atoms with Crippen molar-refractivity contribution in [2.45, 2.75) is 6.92 Å². The van der Waals surface area contributed by atoms with Crippen LogP contribution in [-0.2, 0) is 0 Å². The van der Waals surface area contributed by atoms with Gasteiger partial charge in [-0.15, -0.1) is 6.42 Å². The summed E-state index contributed by atoms with van der Waals surface area (Å²) in [4.78, 5) is 7.50. The fraction of sp³-hybridized carbons (Fsp3) is 0.0769. The van der Waals surface area contributed by atoms with Crippen LogP contribution in [0.3, 0.4) is 0 Å². The van der Waals surface area contributed by atoms with Crippen LogP contribution in [0.5, 0.6) is 0 Å². The molecule has 1 heterocycles. The molecule has 0 amide bonds. The van der Waals surface area contributed by atoms with Gasteiger partial charge in [0, 0.05) is 12.4 Å².